The summed E-state index contributed by atoms with van der Waals surface area (Å²) < 4.78 is 2.11. The number of imidazole rings is 1. The number of carbonyl (C=O) groups is 2. The van der Waals surface area contributed by atoms with E-state index in [1.54, 1.807) is 18.2 Å². The summed E-state index contributed by atoms with van der Waals surface area (Å²) in [6, 6.07) is 5.10. The van der Waals surface area contributed by atoms with Gasteiger partial charge in [-0.2, -0.15) is 0 Å². The number of aldehydes is 1. The number of aromatic nitrogens is 2. The lowest BCUT2D eigenvalue weighted by Crippen LogP contribution is -2.07. The number of rotatable bonds is 4. The van der Waals surface area contributed by atoms with E-state index in [9.17, 15) is 14.7 Å². The summed E-state index contributed by atoms with van der Waals surface area (Å²) in [5.41, 5.74) is 0.967. The summed E-state index contributed by atoms with van der Waals surface area (Å²) >= 11 is 15.8. The molecule has 1 aromatic carbocycles. The number of fused-ring (bicyclic) bond motifs is 1. The highest BCUT2D eigenvalue weighted by Crippen LogP contribution is 2.36. The van der Waals surface area contributed by atoms with Crippen LogP contribution < -0.4 is 5.32 Å². The normalized spacial score (nSPS) is 10.8. The number of nitrogens with zero attached hydrogens (tertiary/aromatic N) is 2. The Morgan fingerprint density at radius 3 is 2.75 bits per heavy atom. The van der Waals surface area contributed by atoms with Crippen LogP contribution in [-0.2, 0) is 0 Å². The van der Waals surface area contributed by atoms with E-state index in [2.05, 4.69) is 26.2 Å². The molecule has 3 rings (SSSR count). The Morgan fingerprint density at radius 2 is 2.12 bits per heavy atom. The number of hydrogen-bond donors (Lipinski definition) is 2. The number of carbonyl (C=O) groups excluding carboxylic acids is 1. The number of hydrogen-bond acceptors (Lipinski definition) is 4. The molecule has 0 aliphatic rings. The molecule has 0 aliphatic carbocycles. The van der Waals surface area contributed by atoms with Crippen LogP contribution >= 0.6 is 39.1 Å². The number of benzene rings is 1. The molecule has 0 aliphatic heterocycles. The second-order valence-electron chi connectivity index (χ2n) is 4.78. The number of nitrogens with one attached hydrogen (secondary N) is 1. The molecule has 0 spiro atoms. The maximum absolute atomic E-state index is 11.6. The van der Waals surface area contributed by atoms with Gasteiger partial charge in [-0.3, -0.25) is 9.20 Å². The van der Waals surface area contributed by atoms with E-state index in [1.807, 2.05) is 0 Å². The first-order valence-corrected chi connectivity index (χ1v) is 8.07. The summed E-state index contributed by atoms with van der Waals surface area (Å²) in [5.74, 6) is -1.21. The third-order valence-corrected chi connectivity index (χ3v) is 4.47. The lowest BCUT2D eigenvalue weighted by molar-refractivity contribution is 0.0697. The van der Waals surface area contributed by atoms with Gasteiger partial charge in [-0.05, 0) is 18.2 Å². The molecule has 0 saturated carbocycles. The van der Waals surface area contributed by atoms with Crippen LogP contribution in [0.1, 0.15) is 20.8 Å². The van der Waals surface area contributed by atoms with Crippen LogP contribution in [0.15, 0.2) is 35.1 Å². The van der Waals surface area contributed by atoms with E-state index in [0.717, 1.165) is 4.47 Å². The molecule has 0 atom stereocenters. The zero-order valence-electron chi connectivity index (χ0n) is 11.8. The fourth-order valence-electron chi connectivity index (χ4n) is 2.19. The molecule has 3 aromatic rings. The molecule has 0 unspecified atom stereocenters. The van der Waals surface area contributed by atoms with Crippen molar-refractivity contribution in [2.45, 2.75) is 0 Å². The van der Waals surface area contributed by atoms with Crippen molar-refractivity contribution in [3.05, 3.63) is 56.4 Å². The van der Waals surface area contributed by atoms with Crippen LogP contribution in [0.2, 0.25) is 10.0 Å². The monoisotopic (exact) mass is 427 g/mol. The summed E-state index contributed by atoms with van der Waals surface area (Å²) in [4.78, 5) is 26.7. The topological polar surface area (TPSA) is 83.7 Å². The predicted octanol–water partition coefficient (Wildman–Crippen LogP) is 4.66. The molecule has 6 nitrogen and oxygen atoms in total. The third-order valence-electron chi connectivity index (χ3n) is 3.31. The molecule has 0 saturated heterocycles. The number of carboxylic acid groups (broad SMARTS) is 1. The van der Waals surface area contributed by atoms with Gasteiger partial charge in [0.15, 0.2) is 11.9 Å². The zero-order valence-corrected chi connectivity index (χ0v) is 14.9. The molecule has 0 fully saturated rings. The van der Waals surface area contributed by atoms with Crippen molar-refractivity contribution in [3.8, 4) is 0 Å². The minimum atomic E-state index is -1.21. The Morgan fingerprint density at radius 1 is 1.38 bits per heavy atom. The first-order chi connectivity index (χ1) is 11.4. The lowest BCUT2D eigenvalue weighted by atomic mass is 10.2. The van der Waals surface area contributed by atoms with Crippen molar-refractivity contribution in [2.24, 2.45) is 0 Å². The Kier molecular flexibility index (Phi) is 4.49. The molecular formula is C15H8BrCl2N3O3. The van der Waals surface area contributed by atoms with Gasteiger partial charge >= 0.3 is 5.97 Å². The largest absolute Gasteiger partial charge is 0.478 e. The van der Waals surface area contributed by atoms with Crippen LogP contribution in [0, 0.1) is 0 Å². The second-order valence-corrected chi connectivity index (χ2v) is 6.48. The summed E-state index contributed by atoms with van der Waals surface area (Å²) in [5, 5.41) is 12.9. The van der Waals surface area contributed by atoms with Crippen molar-refractivity contribution in [2.75, 3.05) is 5.32 Å². The first kappa shape index (κ1) is 16.8. The average molecular weight is 429 g/mol. The van der Waals surface area contributed by atoms with E-state index < -0.39 is 5.97 Å². The van der Waals surface area contributed by atoms with E-state index >= 15 is 0 Å². The van der Waals surface area contributed by atoms with Crippen LogP contribution in [0.5, 0.6) is 0 Å². The van der Waals surface area contributed by atoms with E-state index in [4.69, 9.17) is 23.2 Å². The fraction of sp³-hybridized carbons (Fsp3) is 0. The van der Waals surface area contributed by atoms with Crippen LogP contribution in [0.25, 0.3) is 5.65 Å². The summed E-state index contributed by atoms with van der Waals surface area (Å²) in [6.45, 7) is 0. The van der Waals surface area contributed by atoms with Crippen LogP contribution in [-0.4, -0.2) is 26.7 Å². The quantitative estimate of drug-likeness (QED) is 0.590. The Hall–Kier alpha value is -2.09. The maximum Gasteiger partial charge on any atom is 0.339 e. The Labute approximate surface area is 154 Å². The van der Waals surface area contributed by atoms with Gasteiger partial charge in [0.2, 0.25) is 0 Å². The zero-order chi connectivity index (χ0) is 17.4. The molecule has 0 radical (unpaired) electrons. The highest BCUT2D eigenvalue weighted by atomic mass is 79.9. The predicted molar refractivity (Wildman–Crippen MR) is 95.0 cm³/mol. The first-order valence-electron chi connectivity index (χ1n) is 6.52. The van der Waals surface area contributed by atoms with Gasteiger partial charge in [0, 0.05) is 10.7 Å². The molecule has 2 heterocycles. The number of anilines is 2. The van der Waals surface area contributed by atoms with Gasteiger partial charge in [-0.15, -0.1) is 0 Å². The van der Waals surface area contributed by atoms with E-state index in [1.165, 1.54) is 16.8 Å². The number of pyridine rings is 1. The molecule has 0 bridgehead atoms. The molecule has 2 N–H and O–H groups in total. The highest BCUT2D eigenvalue weighted by molar-refractivity contribution is 9.10. The number of halogens is 3. The molecule has 2 aromatic heterocycles. The van der Waals surface area contributed by atoms with Crippen molar-refractivity contribution in [1.82, 2.24) is 9.38 Å². The number of carboxylic acids is 1. The van der Waals surface area contributed by atoms with Gasteiger partial charge in [-0.25, -0.2) is 9.78 Å². The SMILES string of the molecule is O=Cc1cnc2c(Cl)c(Nc3ccc(Br)cc3Cl)c(C(=O)O)cn12. The summed E-state index contributed by atoms with van der Waals surface area (Å²) in [7, 11) is 0. The van der Waals surface area contributed by atoms with Crippen LogP contribution in [0.4, 0.5) is 11.4 Å². The van der Waals surface area contributed by atoms with E-state index in [0.29, 0.717) is 17.0 Å². The van der Waals surface area contributed by atoms with Crippen LogP contribution in [0.3, 0.4) is 0 Å². The van der Waals surface area contributed by atoms with Gasteiger partial charge in [-0.1, -0.05) is 39.1 Å². The Bertz CT molecular complexity index is 988. The van der Waals surface area contributed by atoms with Crippen molar-refractivity contribution in [3.63, 3.8) is 0 Å². The Balaban J connectivity index is 2.22. The summed E-state index contributed by atoms with van der Waals surface area (Å²) in [6.07, 6.45) is 3.17. The van der Waals surface area contributed by atoms with E-state index in [-0.39, 0.29) is 27.6 Å². The molecule has 9 heteroatoms. The molecule has 0 amide bonds. The molecule has 24 heavy (non-hydrogen) atoms. The van der Waals surface area contributed by atoms with Crippen molar-refractivity contribution >= 4 is 68.4 Å². The smallest absolute Gasteiger partial charge is 0.339 e. The molecule has 122 valence electrons. The van der Waals surface area contributed by atoms with Gasteiger partial charge in [0.05, 0.1) is 22.6 Å². The van der Waals surface area contributed by atoms with Crippen molar-refractivity contribution < 1.29 is 14.7 Å². The average Bonchev–Trinajstić information content (AvgIpc) is 2.95. The maximum atomic E-state index is 11.6. The lowest BCUT2D eigenvalue weighted by Gasteiger charge is -2.14. The van der Waals surface area contributed by atoms with Gasteiger partial charge in [0.1, 0.15) is 16.3 Å². The highest BCUT2D eigenvalue weighted by Gasteiger charge is 2.20. The number of aromatic carboxylic acids is 1. The van der Waals surface area contributed by atoms with Gasteiger partial charge < -0.3 is 10.4 Å². The molecular weight excluding hydrogens is 421 g/mol. The standard InChI is InChI=1S/C15H8BrCl2N3O3/c16-7-1-2-11(10(17)3-7)20-13-9(15(23)24)5-21-8(6-22)4-19-14(21)12(13)18/h1-6,20H,(H,23,24). The van der Waals surface area contributed by atoms with Gasteiger partial charge in [0.25, 0.3) is 0 Å². The minimum Gasteiger partial charge on any atom is -0.478 e. The third kappa shape index (κ3) is 2.86. The van der Waals surface area contributed by atoms with Crippen molar-refractivity contribution in [1.29, 1.82) is 0 Å². The fourth-order valence-corrected chi connectivity index (χ4v) is 3.20. The second kappa shape index (κ2) is 6.43. The minimum absolute atomic E-state index is 0.0713.